The monoisotopic (exact) mass is 378 g/mol. The van der Waals surface area contributed by atoms with Crippen LogP contribution >= 0.6 is 0 Å². The van der Waals surface area contributed by atoms with Gasteiger partial charge in [0.1, 0.15) is 13.2 Å². The molecule has 27 heavy (non-hydrogen) atoms. The van der Waals surface area contributed by atoms with E-state index < -0.39 is 0 Å². The second kappa shape index (κ2) is 11.3. The van der Waals surface area contributed by atoms with E-state index in [1.807, 2.05) is 0 Å². The van der Waals surface area contributed by atoms with Gasteiger partial charge in [-0.1, -0.05) is 12.1 Å². The Bertz CT molecular complexity index is 643. The van der Waals surface area contributed by atoms with Crippen LogP contribution in [0.2, 0.25) is 0 Å². The molecule has 0 bridgehead atoms. The lowest BCUT2D eigenvalue weighted by molar-refractivity contribution is 0.0750. The summed E-state index contributed by atoms with van der Waals surface area (Å²) in [4.78, 5) is 0. The second-order valence-corrected chi connectivity index (χ2v) is 5.60. The number of aliphatic hydroxyl groups is 2. The molecule has 0 saturated heterocycles. The quantitative estimate of drug-likeness (QED) is 0.547. The number of methoxy groups -OCH3 is 2. The maximum atomic E-state index is 9.14. The van der Waals surface area contributed by atoms with Crippen LogP contribution < -0.4 is 18.9 Å². The summed E-state index contributed by atoms with van der Waals surface area (Å²) in [7, 11) is 3.11. The summed E-state index contributed by atoms with van der Waals surface area (Å²) in [5, 5.41) is 18.3. The van der Waals surface area contributed by atoms with Gasteiger partial charge in [0.25, 0.3) is 0 Å². The zero-order valence-electron chi connectivity index (χ0n) is 15.6. The van der Waals surface area contributed by atoms with Gasteiger partial charge in [-0.05, 0) is 35.4 Å². The van der Waals surface area contributed by atoms with E-state index in [4.69, 9.17) is 33.9 Å². The molecule has 148 valence electrons. The van der Waals surface area contributed by atoms with Crippen molar-refractivity contribution in [3.05, 3.63) is 47.5 Å². The molecule has 0 heterocycles. The SMILES string of the molecule is COc1cc(CO)ccc1OCCOCCOc1ccc(CO)cc1OC. The minimum atomic E-state index is -0.0483. The van der Waals surface area contributed by atoms with Crippen LogP contribution in [0.25, 0.3) is 0 Å². The number of ether oxygens (including phenoxy) is 5. The summed E-state index contributed by atoms with van der Waals surface area (Å²) in [6.07, 6.45) is 0. The number of hydrogen-bond donors (Lipinski definition) is 2. The first-order valence-corrected chi connectivity index (χ1v) is 8.60. The number of benzene rings is 2. The third kappa shape index (κ3) is 6.32. The van der Waals surface area contributed by atoms with E-state index in [1.54, 1.807) is 50.6 Å². The van der Waals surface area contributed by atoms with E-state index in [-0.39, 0.29) is 13.2 Å². The van der Waals surface area contributed by atoms with E-state index in [0.717, 1.165) is 11.1 Å². The van der Waals surface area contributed by atoms with Crippen LogP contribution in [0.1, 0.15) is 11.1 Å². The van der Waals surface area contributed by atoms with Crippen molar-refractivity contribution in [1.82, 2.24) is 0 Å². The topological polar surface area (TPSA) is 86.6 Å². The Kier molecular flexibility index (Phi) is 8.70. The average Bonchev–Trinajstić information content (AvgIpc) is 2.72. The Morgan fingerprint density at radius 2 is 1.07 bits per heavy atom. The van der Waals surface area contributed by atoms with Crippen LogP contribution in [0, 0.1) is 0 Å². The molecule has 0 unspecified atom stereocenters. The van der Waals surface area contributed by atoms with E-state index in [0.29, 0.717) is 49.4 Å². The molecule has 2 aromatic rings. The number of aliphatic hydroxyl groups excluding tert-OH is 2. The molecule has 0 aromatic heterocycles. The summed E-state index contributed by atoms with van der Waals surface area (Å²) in [6.45, 7) is 1.43. The lowest BCUT2D eigenvalue weighted by Crippen LogP contribution is -2.12. The standard InChI is InChI=1S/C20H26O7/c1-23-19-11-15(13-21)3-5-17(19)26-9-7-25-8-10-27-18-6-4-16(14-22)12-20(18)24-2/h3-6,11-12,21-22H,7-10,13-14H2,1-2H3. The Morgan fingerprint density at radius 3 is 1.44 bits per heavy atom. The highest BCUT2D eigenvalue weighted by Crippen LogP contribution is 2.29. The number of hydrogen-bond acceptors (Lipinski definition) is 7. The summed E-state index contributed by atoms with van der Waals surface area (Å²) in [5.74, 6) is 2.35. The van der Waals surface area contributed by atoms with Crippen molar-refractivity contribution in [3.63, 3.8) is 0 Å². The predicted molar refractivity (Wildman–Crippen MR) is 99.6 cm³/mol. The van der Waals surface area contributed by atoms with E-state index >= 15 is 0 Å². The van der Waals surface area contributed by atoms with Crippen molar-refractivity contribution in [2.75, 3.05) is 40.6 Å². The van der Waals surface area contributed by atoms with Crippen LogP contribution in [0.5, 0.6) is 23.0 Å². The Morgan fingerprint density at radius 1 is 0.630 bits per heavy atom. The van der Waals surface area contributed by atoms with Crippen molar-refractivity contribution in [2.24, 2.45) is 0 Å². The first kappa shape index (κ1) is 20.8. The molecule has 7 heteroatoms. The molecule has 0 atom stereocenters. The van der Waals surface area contributed by atoms with Gasteiger partial charge in [0, 0.05) is 0 Å². The fourth-order valence-corrected chi connectivity index (χ4v) is 2.38. The fourth-order valence-electron chi connectivity index (χ4n) is 2.38. The summed E-state index contributed by atoms with van der Waals surface area (Å²) in [6, 6.07) is 10.6. The number of rotatable bonds is 12. The van der Waals surface area contributed by atoms with Gasteiger partial charge in [0.05, 0.1) is 40.6 Å². The Hall–Kier alpha value is -2.48. The second-order valence-electron chi connectivity index (χ2n) is 5.60. The molecule has 0 fully saturated rings. The van der Waals surface area contributed by atoms with Gasteiger partial charge in [-0.3, -0.25) is 0 Å². The molecule has 2 N–H and O–H groups in total. The van der Waals surface area contributed by atoms with Crippen LogP contribution in [-0.2, 0) is 18.0 Å². The Balaban J connectivity index is 1.68. The largest absolute Gasteiger partial charge is 0.493 e. The van der Waals surface area contributed by atoms with Crippen molar-refractivity contribution in [3.8, 4) is 23.0 Å². The van der Waals surface area contributed by atoms with E-state index in [1.165, 1.54) is 0 Å². The smallest absolute Gasteiger partial charge is 0.161 e. The summed E-state index contributed by atoms with van der Waals surface area (Å²) in [5.41, 5.74) is 1.52. The van der Waals surface area contributed by atoms with Crippen LogP contribution in [0.3, 0.4) is 0 Å². The van der Waals surface area contributed by atoms with Gasteiger partial charge in [-0.15, -0.1) is 0 Å². The van der Waals surface area contributed by atoms with Gasteiger partial charge in [-0.2, -0.15) is 0 Å². The molecule has 0 amide bonds. The van der Waals surface area contributed by atoms with Gasteiger partial charge in [0.2, 0.25) is 0 Å². The zero-order valence-corrected chi connectivity index (χ0v) is 15.6. The Labute approximate surface area is 159 Å². The molecule has 0 spiro atoms. The molecule has 2 aromatic carbocycles. The highest BCUT2D eigenvalue weighted by molar-refractivity contribution is 5.43. The van der Waals surface area contributed by atoms with Gasteiger partial charge in [0.15, 0.2) is 23.0 Å². The van der Waals surface area contributed by atoms with Crippen molar-refractivity contribution >= 4 is 0 Å². The van der Waals surface area contributed by atoms with Crippen LogP contribution in [0.4, 0.5) is 0 Å². The lowest BCUT2D eigenvalue weighted by Gasteiger charge is -2.13. The maximum Gasteiger partial charge on any atom is 0.161 e. The zero-order chi connectivity index (χ0) is 19.5. The summed E-state index contributed by atoms with van der Waals surface area (Å²) < 4.78 is 27.3. The molecule has 0 saturated carbocycles. The predicted octanol–water partition coefficient (Wildman–Crippen LogP) is 2.16. The lowest BCUT2D eigenvalue weighted by atomic mass is 10.2. The van der Waals surface area contributed by atoms with Crippen LogP contribution in [-0.4, -0.2) is 50.9 Å². The first-order valence-electron chi connectivity index (χ1n) is 8.60. The van der Waals surface area contributed by atoms with Crippen molar-refractivity contribution in [1.29, 1.82) is 0 Å². The highest BCUT2D eigenvalue weighted by Gasteiger charge is 2.07. The molecule has 7 nitrogen and oxygen atoms in total. The molecule has 0 radical (unpaired) electrons. The van der Waals surface area contributed by atoms with Gasteiger partial charge in [-0.25, -0.2) is 0 Å². The molecule has 0 aliphatic carbocycles. The molecular formula is C20H26O7. The van der Waals surface area contributed by atoms with Gasteiger partial charge < -0.3 is 33.9 Å². The average molecular weight is 378 g/mol. The first-order chi connectivity index (χ1) is 13.2. The molecular weight excluding hydrogens is 352 g/mol. The van der Waals surface area contributed by atoms with Crippen LogP contribution in [0.15, 0.2) is 36.4 Å². The van der Waals surface area contributed by atoms with Gasteiger partial charge >= 0.3 is 0 Å². The molecule has 2 rings (SSSR count). The minimum absolute atomic E-state index is 0.0483. The highest BCUT2D eigenvalue weighted by atomic mass is 16.6. The third-order valence-corrected chi connectivity index (χ3v) is 3.79. The summed E-state index contributed by atoms with van der Waals surface area (Å²) >= 11 is 0. The molecule has 0 aliphatic rings. The fraction of sp³-hybridized carbons (Fsp3) is 0.400. The minimum Gasteiger partial charge on any atom is -0.493 e. The van der Waals surface area contributed by atoms with Crippen molar-refractivity contribution in [2.45, 2.75) is 13.2 Å². The maximum absolute atomic E-state index is 9.14. The molecule has 0 aliphatic heterocycles. The van der Waals surface area contributed by atoms with Crippen molar-refractivity contribution < 1.29 is 33.9 Å². The van der Waals surface area contributed by atoms with E-state index in [2.05, 4.69) is 0 Å². The van der Waals surface area contributed by atoms with E-state index in [9.17, 15) is 0 Å². The third-order valence-electron chi connectivity index (χ3n) is 3.79. The normalized spacial score (nSPS) is 10.5.